The van der Waals surface area contributed by atoms with E-state index in [-0.39, 0.29) is 18.6 Å². The maximum Gasteiger partial charge on any atom is 0.303 e. The van der Waals surface area contributed by atoms with Crippen molar-refractivity contribution >= 4 is 23.4 Å². The van der Waals surface area contributed by atoms with E-state index in [0.29, 0.717) is 10.6 Å². The second-order valence-electron chi connectivity index (χ2n) is 3.48. The minimum absolute atomic E-state index is 0.0110. The van der Waals surface area contributed by atoms with Crippen LogP contribution in [0.2, 0.25) is 5.02 Å². The van der Waals surface area contributed by atoms with Crippen molar-refractivity contribution in [2.45, 2.75) is 26.2 Å². The highest BCUT2D eigenvalue weighted by Gasteiger charge is 2.10. The van der Waals surface area contributed by atoms with E-state index in [2.05, 4.69) is 0 Å². The predicted molar refractivity (Wildman–Crippen MR) is 62.0 cm³/mol. The molecule has 0 saturated carbocycles. The first-order chi connectivity index (χ1) is 7.54. The SMILES string of the molecule is CCc1ccc(C(=O)CCC(=O)O)cc1Cl. The number of carbonyl (C=O) groups excluding carboxylic acids is 1. The van der Waals surface area contributed by atoms with Crippen LogP contribution < -0.4 is 0 Å². The van der Waals surface area contributed by atoms with Crippen LogP contribution in [0.25, 0.3) is 0 Å². The number of hydrogen-bond acceptors (Lipinski definition) is 2. The second kappa shape index (κ2) is 5.66. The van der Waals surface area contributed by atoms with Crippen LogP contribution in [0.1, 0.15) is 35.7 Å². The van der Waals surface area contributed by atoms with Gasteiger partial charge >= 0.3 is 5.97 Å². The molecule has 4 heteroatoms. The van der Waals surface area contributed by atoms with Crippen molar-refractivity contribution in [2.24, 2.45) is 0 Å². The molecule has 0 bridgehead atoms. The topological polar surface area (TPSA) is 54.4 Å². The summed E-state index contributed by atoms with van der Waals surface area (Å²) in [6.45, 7) is 1.98. The maximum atomic E-state index is 11.6. The van der Waals surface area contributed by atoms with Gasteiger partial charge in [0.05, 0.1) is 6.42 Å². The van der Waals surface area contributed by atoms with E-state index in [1.54, 1.807) is 18.2 Å². The molecule has 0 spiro atoms. The van der Waals surface area contributed by atoms with Gasteiger partial charge in [0.25, 0.3) is 0 Å². The van der Waals surface area contributed by atoms with Gasteiger partial charge in [-0.05, 0) is 18.1 Å². The summed E-state index contributed by atoms with van der Waals surface area (Å²) in [5, 5.41) is 9.03. The Hall–Kier alpha value is -1.35. The van der Waals surface area contributed by atoms with Gasteiger partial charge in [-0.2, -0.15) is 0 Å². The van der Waals surface area contributed by atoms with E-state index in [0.717, 1.165) is 12.0 Å². The molecule has 3 nitrogen and oxygen atoms in total. The first kappa shape index (κ1) is 12.7. The highest BCUT2D eigenvalue weighted by atomic mass is 35.5. The van der Waals surface area contributed by atoms with Crippen LogP contribution in [0, 0.1) is 0 Å². The van der Waals surface area contributed by atoms with Gasteiger partial charge in [0.2, 0.25) is 0 Å². The molecule has 0 aliphatic heterocycles. The van der Waals surface area contributed by atoms with E-state index < -0.39 is 5.97 Å². The third kappa shape index (κ3) is 3.35. The van der Waals surface area contributed by atoms with E-state index in [9.17, 15) is 9.59 Å². The molecule has 0 heterocycles. The molecule has 0 aliphatic carbocycles. The zero-order valence-electron chi connectivity index (χ0n) is 9.00. The molecular weight excluding hydrogens is 228 g/mol. The van der Waals surface area contributed by atoms with Crippen molar-refractivity contribution in [3.63, 3.8) is 0 Å². The zero-order valence-corrected chi connectivity index (χ0v) is 9.75. The summed E-state index contributed by atoms with van der Waals surface area (Å²) < 4.78 is 0. The van der Waals surface area contributed by atoms with Gasteiger partial charge in [0.15, 0.2) is 5.78 Å². The number of aryl methyl sites for hydroxylation is 1. The summed E-state index contributed by atoms with van der Waals surface area (Å²) in [5.41, 5.74) is 1.46. The van der Waals surface area contributed by atoms with Crippen LogP contribution in [0.15, 0.2) is 18.2 Å². The Balaban J connectivity index is 2.77. The summed E-state index contributed by atoms with van der Waals surface area (Å²) in [6, 6.07) is 5.09. The second-order valence-corrected chi connectivity index (χ2v) is 3.88. The Labute approximate surface area is 99.0 Å². The molecule has 1 aromatic carbocycles. The predicted octanol–water partition coefficient (Wildman–Crippen LogP) is 2.95. The van der Waals surface area contributed by atoms with Crippen LogP contribution in [0.3, 0.4) is 0 Å². The minimum Gasteiger partial charge on any atom is -0.481 e. The average Bonchev–Trinajstić information content (AvgIpc) is 2.25. The number of rotatable bonds is 5. The van der Waals surface area contributed by atoms with Crippen molar-refractivity contribution in [1.82, 2.24) is 0 Å². The van der Waals surface area contributed by atoms with Crippen molar-refractivity contribution < 1.29 is 14.7 Å². The normalized spacial score (nSPS) is 10.1. The molecule has 0 aromatic heterocycles. The number of benzene rings is 1. The highest BCUT2D eigenvalue weighted by Crippen LogP contribution is 2.19. The standard InChI is InChI=1S/C12H13ClO3/c1-2-8-3-4-9(7-10(8)13)11(14)5-6-12(15)16/h3-4,7H,2,5-6H2,1H3,(H,15,16). The lowest BCUT2D eigenvalue weighted by atomic mass is 10.0. The summed E-state index contributed by atoms with van der Waals surface area (Å²) in [5.74, 6) is -1.16. The number of carboxylic acid groups (broad SMARTS) is 1. The molecule has 0 unspecified atom stereocenters. The molecule has 0 amide bonds. The molecule has 0 aliphatic rings. The van der Waals surface area contributed by atoms with Crippen molar-refractivity contribution in [2.75, 3.05) is 0 Å². The van der Waals surface area contributed by atoms with Crippen LogP contribution >= 0.6 is 11.6 Å². The molecule has 86 valence electrons. The number of hydrogen-bond donors (Lipinski definition) is 1. The molecule has 0 saturated heterocycles. The average molecular weight is 241 g/mol. The fourth-order valence-corrected chi connectivity index (χ4v) is 1.69. The zero-order chi connectivity index (χ0) is 12.1. The van der Waals surface area contributed by atoms with Gasteiger partial charge in [-0.25, -0.2) is 0 Å². The van der Waals surface area contributed by atoms with Gasteiger partial charge in [-0.3, -0.25) is 9.59 Å². The Morgan fingerprint density at radius 3 is 2.50 bits per heavy atom. The number of carbonyl (C=O) groups is 2. The summed E-state index contributed by atoms with van der Waals surface area (Å²) in [7, 11) is 0. The minimum atomic E-state index is -0.968. The van der Waals surface area contributed by atoms with Gasteiger partial charge in [0.1, 0.15) is 0 Å². The molecule has 16 heavy (non-hydrogen) atoms. The lowest BCUT2D eigenvalue weighted by Crippen LogP contribution is -2.04. The van der Waals surface area contributed by atoms with Crippen molar-refractivity contribution in [3.05, 3.63) is 34.3 Å². The molecular formula is C12H13ClO3. The van der Waals surface area contributed by atoms with E-state index in [1.165, 1.54) is 0 Å². The highest BCUT2D eigenvalue weighted by molar-refractivity contribution is 6.31. The first-order valence-corrected chi connectivity index (χ1v) is 5.45. The molecule has 1 N–H and O–H groups in total. The van der Waals surface area contributed by atoms with Crippen molar-refractivity contribution in [1.29, 1.82) is 0 Å². The molecule has 0 radical (unpaired) electrons. The molecule has 0 fully saturated rings. The van der Waals surface area contributed by atoms with Gasteiger partial charge in [-0.1, -0.05) is 30.7 Å². The molecule has 1 aromatic rings. The van der Waals surface area contributed by atoms with Crippen LogP contribution in [0.5, 0.6) is 0 Å². The fraction of sp³-hybridized carbons (Fsp3) is 0.333. The quantitative estimate of drug-likeness (QED) is 0.805. The summed E-state index contributed by atoms with van der Waals surface area (Å²) >= 11 is 5.97. The molecule has 1 rings (SSSR count). The third-order valence-electron chi connectivity index (χ3n) is 2.32. The van der Waals surface area contributed by atoms with Gasteiger partial charge in [-0.15, -0.1) is 0 Å². The maximum absolute atomic E-state index is 11.6. The fourth-order valence-electron chi connectivity index (χ4n) is 1.37. The largest absolute Gasteiger partial charge is 0.481 e. The number of ketones is 1. The smallest absolute Gasteiger partial charge is 0.303 e. The molecule has 0 atom stereocenters. The lowest BCUT2D eigenvalue weighted by molar-refractivity contribution is -0.136. The van der Waals surface area contributed by atoms with Gasteiger partial charge in [0, 0.05) is 17.0 Å². The summed E-state index contributed by atoms with van der Waals surface area (Å²) in [4.78, 5) is 21.9. The third-order valence-corrected chi connectivity index (χ3v) is 2.67. The Morgan fingerprint density at radius 2 is 2.00 bits per heavy atom. The van der Waals surface area contributed by atoms with Crippen LogP contribution in [-0.4, -0.2) is 16.9 Å². The Morgan fingerprint density at radius 1 is 1.31 bits per heavy atom. The number of Topliss-reactive ketones (excluding diaryl/α,β-unsaturated/α-hetero) is 1. The van der Waals surface area contributed by atoms with Crippen molar-refractivity contribution in [3.8, 4) is 0 Å². The van der Waals surface area contributed by atoms with E-state index in [4.69, 9.17) is 16.7 Å². The van der Waals surface area contributed by atoms with E-state index in [1.807, 2.05) is 6.92 Å². The summed E-state index contributed by atoms with van der Waals surface area (Å²) in [6.07, 6.45) is 0.672. The number of carboxylic acids is 1. The monoisotopic (exact) mass is 240 g/mol. The van der Waals surface area contributed by atoms with Crippen LogP contribution in [-0.2, 0) is 11.2 Å². The Bertz CT molecular complexity index is 413. The number of halogens is 1. The Kier molecular flexibility index (Phi) is 4.50. The first-order valence-electron chi connectivity index (χ1n) is 5.08. The van der Waals surface area contributed by atoms with Crippen LogP contribution in [0.4, 0.5) is 0 Å². The lowest BCUT2D eigenvalue weighted by Gasteiger charge is -2.04. The number of aliphatic carboxylic acids is 1. The van der Waals surface area contributed by atoms with Gasteiger partial charge < -0.3 is 5.11 Å². The van der Waals surface area contributed by atoms with E-state index >= 15 is 0 Å².